The van der Waals surface area contributed by atoms with Gasteiger partial charge in [-0.15, -0.1) is 0 Å². The van der Waals surface area contributed by atoms with Crippen LogP contribution in [0.15, 0.2) is 18.3 Å². The highest BCUT2D eigenvalue weighted by Gasteiger charge is 2.36. The molecular formula is C16H20F3N3O2. The third-order valence-electron chi connectivity index (χ3n) is 4.60. The number of pyridine rings is 1. The van der Waals surface area contributed by atoms with Gasteiger partial charge in [-0.2, -0.15) is 13.2 Å². The molecule has 1 aromatic heterocycles. The number of ether oxygens (including phenoxy) is 1. The van der Waals surface area contributed by atoms with Gasteiger partial charge in [-0.25, -0.2) is 4.98 Å². The lowest BCUT2D eigenvalue weighted by atomic mass is 10.1. The molecule has 0 aromatic carbocycles. The van der Waals surface area contributed by atoms with Crippen LogP contribution in [-0.2, 0) is 15.7 Å². The normalized spacial score (nSPS) is 23.4. The Morgan fingerprint density at radius 3 is 2.75 bits per heavy atom. The maximum Gasteiger partial charge on any atom is 0.416 e. The molecule has 1 atom stereocenters. The van der Waals surface area contributed by atoms with Gasteiger partial charge in [0.25, 0.3) is 0 Å². The fraction of sp³-hybridized carbons (Fsp3) is 0.625. The predicted octanol–water partition coefficient (Wildman–Crippen LogP) is 2.68. The van der Waals surface area contributed by atoms with Crippen molar-refractivity contribution in [3.05, 3.63) is 23.9 Å². The van der Waals surface area contributed by atoms with Gasteiger partial charge in [-0.05, 0) is 44.4 Å². The second kappa shape index (κ2) is 7.06. The van der Waals surface area contributed by atoms with E-state index < -0.39 is 11.7 Å². The SMILES string of the molecule is O=C(Nc1cc(C(F)(F)F)ccn1)C1CCCN1C1CCOCC1. The molecule has 1 unspecified atom stereocenters. The van der Waals surface area contributed by atoms with Crippen LogP contribution in [0.5, 0.6) is 0 Å². The van der Waals surface area contributed by atoms with E-state index in [0.717, 1.165) is 44.1 Å². The van der Waals surface area contributed by atoms with Gasteiger partial charge in [0.15, 0.2) is 0 Å². The summed E-state index contributed by atoms with van der Waals surface area (Å²) < 4.78 is 43.6. The first-order valence-corrected chi connectivity index (χ1v) is 8.13. The summed E-state index contributed by atoms with van der Waals surface area (Å²) in [6.07, 6.45) is -0.0158. The molecule has 0 aliphatic carbocycles. The number of hydrogen-bond acceptors (Lipinski definition) is 4. The van der Waals surface area contributed by atoms with Gasteiger partial charge < -0.3 is 10.1 Å². The van der Waals surface area contributed by atoms with Crippen molar-refractivity contribution in [3.8, 4) is 0 Å². The summed E-state index contributed by atoms with van der Waals surface area (Å²) in [6.45, 7) is 2.20. The molecule has 2 aliphatic rings. The van der Waals surface area contributed by atoms with Crippen molar-refractivity contribution in [2.75, 3.05) is 25.1 Å². The zero-order valence-electron chi connectivity index (χ0n) is 13.2. The molecule has 2 fully saturated rings. The highest BCUT2D eigenvalue weighted by atomic mass is 19.4. The van der Waals surface area contributed by atoms with E-state index in [1.165, 1.54) is 0 Å². The lowest BCUT2D eigenvalue weighted by Gasteiger charge is -2.34. The van der Waals surface area contributed by atoms with Crippen molar-refractivity contribution in [3.63, 3.8) is 0 Å². The lowest BCUT2D eigenvalue weighted by Crippen LogP contribution is -2.47. The average molecular weight is 343 g/mol. The number of anilines is 1. The number of halogens is 3. The van der Waals surface area contributed by atoms with E-state index in [2.05, 4.69) is 15.2 Å². The fourth-order valence-corrected chi connectivity index (χ4v) is 3.41. The molecule has 132 valence electrons. The third-order valence-corrected chi connectivity index (χ3v) is 4.60. The number of rotatable bonds is 3. The highest BCUT2D eigenvalue weighted by molar-refractivity contribution is 5.94. The number of carbonyl (C=O) groups is 1. The van der Waals surface area contributed by atoms with Crippen LogP contribution < -0.4 is 5.32 Å². The summed E-state index contributed by atoms with van der Waals surface area (Å²) in [6, 6.07) is 1.74. The Kier molecular flexibility index (Phi) is 5.05. The lowest BCUT2D eigenvalue weighted by molar-refractivity contribution is -0.137. The molecule has 1 aromatic rings. The molecule has 5 nitrogen and oxygen atoms in total. The first-order valence-electron chi connectivity index (χ1n) is 8.13. The first-order chi connectivity index (χ1) is 11.4. The summed E-state index contributed by atoms with van der Waals surface area (Å²) in [5.74, 6) is -0.348. The van der Waals surface area contributed by atoms with E-state index in [1.54, 1.807) is 0 Å². The molecule has 1 N–H and O–H groups in total. The Morgan fingerprint density at radius 1 is 1.29 bits per heavy atom. The van der Waals surface area contributed by atoms with E-state index >= 15 is 0 Å². The van der Waals surface area contributed by atoms with Crippen LogP contribution in [0.2, 0.25) is 0 Å². The van der Waals surface area contributed by atoms with Crippen LogP contribution in [0.1, 0.15) is 31.2 Å². The van der Waals surface area contributed by atoms with Gasteiger partial charge in [0.1, 0.15) is 5.82 Å². The van der Waals surface area contributed by atoms with Crippen LogP contribution >= 0.6 is 0 Å². The molecule has 24 heavy (non-hydrogen) atoms. The van der Waals surface area contributed by atoms with Gasteiger partial charge >= 0.3 is 6.18 Å². The zero-order valence-corrected chi connectivity index (χ0v) is 13.2. The Hall–Kier alpha value is -1.67. The van der Waals surface area contributed by atoms with E-state index in [4.69, 9.17) is 4.74 Å². The van der Waals surface area contributed by atoms with Crippen LogP contribution in [0.4, 0.5) is 19.0 Å². The molecule has 8 heteroatoms. The number of amides is 1. The number of aromatic nitrogens is 1. The number of nitrogens with one attached hydrogen (secondary N) is 1. The van der Waals surface area contributed by atoms with Crippen LogP contribution in [0, 0.1) is 0 Å². The van der Waals surface area contributed by atoms with Crippen LogP contribution in [0.3, 0.4) is 0 Å². The molecule has 0 radical (unpaired) electrons. The molecule has 3 rings (SSSR count). The summed E-state index contributed by atoms with van der Waals surface area (Å²) in [4.78, 5) is 18.5. The van der Waals surface area contributed by atoms with Crippen LogP contribution in [-0.4, -0.2) is 47.6 Å². The Morgan fingerprint density at radius 2 is 2.04 bits per heavy atom. The smallest absolute Gasteiger partial charge is 0.381 e. The highest BCUT2D eigenvalue weighted by Crippen LogP contribution is 2.30. The van der Waals surface area contributed by atoms with Gasteiger partial charge in [0.05, 0.1) is 11.6 Å². The van der Waals surface area contributed by atoms with Crippen LogP contribution in [0.25, 0.3) is 0 Å². The maximum absolute atomic E-state index is 12.8. The Labute approximate surface area is 138 Å². The fourth-order valence-electron chi connectivity index (χ4n) is 3.41. The number of nitrogens with zero attached hydrogens (tertiary/aromatic N) is 2. The van der Waals surface area contributed by atoms with Gasteiger partial charge in [0, 0.05) is 25.5 Å². The van der Waals surface area contributed by atoms with Crippen molar-refractivity contribution in [1.29, 1.82) is 0 Å². The summed E-state index contributed by atoms with van der Waals surface area (Å²) in [7, 11) is 0. The Bertz CT molecular complexity index is 588. The van der Waals surface area contributed by atoms with Crippen molar-refractivity contribution >= 4 is 11.7 Å². The molecule has 0 saturated carbocycles. The third kappa shape index (κ3) is 3.87. The number of likely N-dealkylation sites (tertiary alicyclic amines) is 1. The van der Waals surface area contributed by atoms with E-state index in [0.29, 0.717) is 25.7 Å². The van der Waals surface area contributed by atoms with Crippen molar-refractivity contribution in [2.45, 2.75) is 43.9 Å². The van der Waals surface area contributed by atoms with E-state index in [-0.39, 0.29) is 17.8 Å². The summed E-state index contributed by atoms with van der Waals surface area (Å²) in [5.41, 5.74) is -0.819. The number of carbonyl (C=O) groups excluding carboxylic acids is 1. The van der Waals surface area contributed by atoms with Crippen molar-refractivity contribution in [2.24, 2.45) is 0 Å². The van der Waals surface area contributed by atoms with E-state index in [1.807, 2.05) is 0 Å². The number of alkyl halides is 3. The Balaban J connectivity index is 1.67. The molecule has 2 saturated heterocycles. The second-order valence-electron chi connectivity index (χ2n) is 6.16. The van der Waals surface area contributed by atoms with E-state index in [9.17, 15) is 18.0 Å². The maximum atomic E-state index is 12.8. The minimum Gasteiger partial charge on any atom is -0.381 e. The average Bonchev–Trinajstić information content (AvgIpc) is 3.05. The molecule has 0 spiro atoms. The first kappa shape index (κ1) is 17.2. The number of hydrogen-bond donors (Lipinski definition) is 1. The van der Waals surface area contributed by atoms with Crippen molar-refractivity contribution < 1.29 is 22.7 Å². The molecule has 0 bridgehead atoms. The predicted molar refractivity (Wildman–Crippen MR) is 81.4 cm³/mol. The zero-order chi connectivity index (χ0) is 17.2. The largest absolute Gasteiger partial charge is 0.416 e. The summed E-state index contributed by atoms with van der Waals surface area (Å²) >= 11 is 0. The van der Waals surface area contributed by atoms with Gasteiger partial charge in [-0.3, -0.25) is 9.69 Å². The monoisotopic (exact) mass is 343 g/mol. The molecule has 3 heterocycles. The summed E-state index contributed by atoms with van der Waals surface area (Å²) in [5, 5.41) is 2.54. The minimum atomic E-state index is -4.45. The van der Waals surface area contributed by atoms with Crippen molar-refractivity contribution in [1.82, 2.24) is 9.88 Å². The molecule has 2 aliphatic heterocycles. The van der Waals surface area contributed by atoms with Gasteiger partial charge in [0.2, 0.25) is 5.91 Å². The van der Waals surface area contributed by atoms with Gasteiger partial charge in [-0.1, -0.05) is 0 Å². The standard InChI is InChI=1S/C16H20F3N3O2/c17-16(18,19)11-3-6-20-14(10-11)21-15(23)13-2-1-7-22(13)12-4-8-24-9-5-12/h3,6,10,12-13H,1-2,4-5,7-9H2,(H,20,21,23). The molecular weight excluding hydrogens is 323 g/mol. The second-order valence-corrected chi connectivity index (χ2v) is 6.16. The minimum absolute atomic E-state index is 0.0614. The topological polar surface area (TPSA) is 54.5 Å². The molecule has 1 amide bonds. The quantitative estimate of drug-likeness (QED) is 0.917.